The van der Waals surface area contributed by atoms with Gasteiger partial charge in [0.1, 0.15) is 5.75 Å². The molecule has 0 radical (unpaired) electrons. The van der Waals surface area contributed by atoms with Gasteiger partial charge in [-0.05, 0) is 55.2 Å². The number of anilines is 2. The highest BCUT2D eigenvalue weighted by Crippen LogP contribution is 2.24. The largest absolute Gasteiger partial charge is 0.491 e. The molecule has 6 heteroatoms. The number of likely N-dealkylation sites (tertiary alicyclic amines) is 1. The van der Waals surface area contributed by atoms with Gasteiger partial charge in [0.2, 0.25) is 5.91 Å². The number of nitrogens with one attached hydrogen (secondary N) is 2. The number of nitrogens with zero attached hydrogens (tertiary/aromatic N) is 1. The van der Waals surface area contributed by atoms with Gasteiger partial charge < -0.3 is 20.3 Å². The van der Waals surface area contributed by atoms with E-state index < -0.39 is 0 Å². The van der Waals surface area contributed by atoms with Crippen molar-refractivity contribution in [3.05, 3.63) is 54.1 Å². The van der Waals surface area contributed by atoms with Crippen LogP contribution in [0.15, 0.2) is 48.5 Å². The van der Waals surface area contributed by atoms with Crippen LogP contribution in [-0.2, 0) is 4.79 Å². The van der Waals surface area contributed by atoms with Crippen LogP contribution in [0.5, 0.6) is 5.75 Å². The molecule has 3 rings (SSSR count). The van der Waals surface area contributed by atoms with Crippen molar-refractivity contribution in [1.29, 1.82) is 0 Å². The molecule has 1 fully saturated rings. The van der Waals surface area contributed by atoms with Gasteiger partial charge in [0.05, 0.1) is 18.8 Å². The second kappa shape index (κ2) is 11.4. The van der Waals surface area contributed by atoms with Crippen LogP contribution < -0.4 is 15.4 Å². The maximum absolute atomic E-state index is 12.7. The van der Waals surface area contributed by atoms with Gasteiger partial charge in [0, 0.05) is 24.3 Å². The van der Waals surface area contributed by atoms with Crippen LogP contribution in [0, 0.1) is 5.92 Å². The SMILES string of the molecule is CC(C)COc1ccccc1NCC(=O)Nc1ccc(C(=O)N2CCCCCC2)cc1. The Morgan fingerprint density at radius 1 is 0.968 bits per heavy atom. The van der Waals surface area contributed by atoms with Crippen LogP contribution in [0.2, 0.25) is 0 Å². The first kappa shape index (κ1) is 22.7. The molecule has 0 atom stereocenters. The van der Waals surface area contributed by atoms with Crippen molar-refractivity contribution in [3.63, 3.8) is 0 Å². The van der Waals surface area contributed by atoms with Crippen LogP contribution >= 0.6 is 0 Å². The van der Waals surface area contributed by atoms with Crippen molar-refractivity contribution in [2.75, 3.05) is 36.9 Å². The highest BCUT2D eigenvalue weighted by Gasteiger charge is 2.17. The summed E-state index contributed by atoms with van der Waals surface area (Å²) in [6, 6.07) is 14.7. The van der Waals surface area contributed by atoms with E-state index in [-0.39, 0.29) is 18.4 Å². The Morgan fingerprint density at radius 2 is 1.65 bits per heavy atom. The maximum atomic E-state index is 12.7. The average molecular weight is 424 g/mol. The molecule has 0 saturated carbocycles. The number of amides is 2. The van der Waals surface area contributed by atoms with Crippen LogP contribution in [0.1, 0.15) is 49.9 Å². The van der Waals surface area contributed by atoms with E-state index in [1.807, 2.05) is 29.2 Å². The number of rotatable bonds is 8. The Balaban J connectivity index is 1.51. The normalized spacial score (nSPS) is 14.1. The molecule has 1 saturated heterocycles. The molecular weight excluding hydrogens is 390 g/mol. The summed E-state index contributed by atoms with van der Waals surface area (Å²) in [5, 5.41) is 6.01. The molecular formula is C25H33N3O3. The summed E-state index contributed by atoms with van der Waals surface area (Å²) >= 11 is 0. The molecule has 0 unspecified atom stereocenters. The highest BCUT2D eigenvalue weighted by atomic mass is 16.5. The van der Waals surface area contributed by atoms with Gasteiger partial charge in [-0.1, -0.05) is 38.8 Å². The van der Waals surface area contributed by atoms with Gasteiger partial charge in [-0.15, -0.1) is 0 Å². The number of para-hydroxylation sites is 2. The molecule has 2 aromatic carbocycles. The first-order valence-electron chi connectivity index (χ1n) is 11.2. The molecule has 1 aliphatic rings. The van der Waals surface area contributed by atoms with Gasteiger partial charge in [-0.25, -0.2) is 0 Å². The van der Waals surface area contributed by atoms with E-state index in [0.717, 1.165) is 37.4 Å². The third kappa shape index (κ3) is 7.02. The summed E-state index contributed by atoms with van der Waals surface area (Å²) in [4.78, 5) is 27.0. The summed E-state index contributed by atoms with van der Waals surface area (Å²) in [6.07, 6.45) is 4.52. The molecule has 2 amide bonds. The fraction of sp³-hybridized carbons (Fsp3) is 0.440. The first-order valence-corrected chi connectivity index (χ1v) is 11.2. The summed E-state index contributed by atoms with van der Waals surface area (Å²) in [7, 11) is 0. The van der Waals surface area contributed by atoms with E-state index >= 15 is 0 Å². The summed E-state index contributed by atoms with van der Waals surface area (Å²) in [5.74, 6) is 1.07. The zero-order chi connectivity index (χ0) is 22.1. The van der Waals surface area contributed by atoms with E-state index in [1.165, 1.54) is 12.8 Å². The summed E-state index contributed by atoms with van der Waals surface area (Å²) in [5.41, 5.74) is 2.12. The van der Waals surface area contributed by atoms with Crippen molar-refractivity contribution in [1.82, 2.24) is 4.90 Å². The van der Waals surface area contributed by atoms with Crippen molar-refractivity contribution >= 4 is 23.2 Å². The van der Waals surface area contributed by atoms with Gasteiger partial charge in [-0.2, -0.15) is 0 Å². The molecule has 6 nitrogen and oxygen atoms in total. The lowest BCUT2D eigenvalue weighted by atomic mass is 10.1. The minimum absolute atomic E-state index is 0.0689. The van der Waals surface area contributed by atoms with E-state index in [1.54, 1.807) is 24.3 Å². The fourth-order valence-corrected chi connectivity index (χ4v) is 3.53. The number of hydrogen-bond donors (Lipinski definition) is 2. The molecule has 0 aliphatic carbocycles. The predicted molar refractivity (Wildman–Crippen MR) is 125 cm³/mol. The van der Waals surface area contributed by atoms with Gasteiger partial charge in [0.25, 0.3) is 5.91 Å². The first-order chi connectivity index (χ1) is 15.0. The fourth-order valence-electron chi connectivity index (χ4n) is 3.53. The Hall–Kier alpha value is -3.02. The minimum atomic E-state index is -0.162. The number of hydrogen-bond acceptors (Lipinski definition) is 4. The smallest absolute Gasteiger partial charge is 0.253 e. The lowest BCUT2D eigenvalue weighted by Crippen LogP contribution is -2.31. The molecule has 0 bridgehead atoms. The van der Waals surface area contributed by atoms with Crippen LogP contribution in [0.4, 0.5) is 11.4 Å². The zero-order valence-corrected chi connectivity index (χ0v) is 18.5. The molecule has 0 spiro atoms. The van der Waals surface area contributed by atoms with E-state index in [0.29, 0.717) is 23.8 Å². The average Bonchev–Trinajstić information content (AvgIpc) is 3.06. The number of carbonyl (C=O) groups excluding carboxylic acids is 2. The van der Waals surface area contributed by atoms with E-state index in [2.05, 4.69) is 24.5 Å². The third-order valence-electron chi connectivity index (χ3n) is 5.21. The Bertz CT molecular complexity index is 857. The monoisotopic (exact) mass is 423 g/mol. The highest BCUT2D eigenvalue weighted by molar-refractivity contribution is 5.96. The molecule has 1 aliphatic heterocycles. The van der Waals surface area contributed by atoms with E-state index in [4.69, 9.17) is 4.74 Å². The van der Waals surface area contributed by atoms with Crippen molar-refractivity contribution in [3.8, 4) is 5.75 Å². The Labute approximate surface area is 185 Å². The molecule has 166 valence electrons. The number of carbonyl (C=O) groups is 2. The Kier molecular flexibility index (Phi) is 8.33. The van der Waals surface area contributed by atoms with Crippen LogP contribution in [-0.4, -0.2) is 43.0 Å². The minimum Gasteiger partial charge on any atom is -0.491 e. The summed E-state index contributed by atoms with van der Waals surface area (Å²) < 4.78 is 5.81. The van der Waals surface area contributed by atoms with Gasteiger partial charge in [0.15, 0.2) is 0 Å². The standard InChI is InChI=1S/C25H33N3O3/c1-19(2)18-31-23-10-6-5-9-22(23)26-17-24(29)27-21-13-11-20(12-14-21)25(30)28-15-7-3-4-8-16-28/h5-6,9-14,19,26H,3-4,7-8,15-18H2,1-2H3,(H,27,29). The number of benzene rings is 2. The quantitative estimate of drug-likeness (QED) is 0.641. The van der Waals surface area contributed by atoms with E-state index in [9.17, 15) is 9.59 Å². The third-order valence-corrected chi connectivity index (χ3v) is 5.21. The predicted octanol–water partition coefficient (Wildman–Crippen LogP) is 4.79. The Morgan fingerprint density at radius 3 is 2.32 bits per heavy atom. The molecule has 2 aromatic rings. The molecule has 1 heterocycles. The van der Waals surface area contributed by atoms with Gasteiger partial charge >= 0.3 is 0 Å². The second-order valence-electron chi connectivity index (χ2n) is 8.39. The lowest BCUT2D eigenvalue weighted by molar-refractivity contribution is -0.114. The lowest BCUT2D eigenvalue weighted by Gasteiger charge is -2.20. The topological polar surface area (TPSA) is 70.7 Å². The van der Waals surface area contributed by atoms with Crippen molar-refractivity contribution in [2.45, 2.75) is 39.5 Å². The van der Waals surface area contributed by atoms with Crippen LogP contribution in [0.25, 0.3) is 0 Å². The number of ether oxygens (including phenoxy) is 1. The van der Waals surface area contributed by atoms with Crippen molar-refractivity contribution in [2.24, 2.45) is 5.92 Å². The van der Waals surface area contributed by atoms with Crippen LogP contribution in [0.3, 0.4) is 0 Å². The molecule has 2 N–H and O–H groups in total. The zero-order valence-electron chi connectivity index (χ0n) is 18.5. The molecule has 31 heavy (non-hydrogen) atoms. The molecule has 0 aromatic heterocycles. The van der Waals surface area contributed by atoms with Gasteiger partial charge in [-0.3, -0.25) is 9.59 Å². The summed E-state index contributed by atoms with van der Waals surface area (Å²) in [6.45, 7) is 6.58. The van der Waals surface area contributed by atoms with Crippen molar-refractivity contribution < 1.29 is 14.3 Å². The maximum Gasteiger partial charge on any atom is 0.253 e. The second-order valence-corrected chi connectivity index (χ2v) is 8.39.